The molecule has 1 fully saturated rings. The molecule has 1 atom stereocenters. The van der Waals surface area contributed by atoms with E-state index >= 15 is 0 Å². The third kappa shape index (κ3) is 4.91. The molecule has 1 saturated heterocycles. The minimum atomic E-state index is -4.01. The lowest BCUT2D eigenvalue weighted by molar-refractivity contribution is -0.143. The summed E-state index contributed by atoms with van der Waals surface area (Å²) in [7, 11) is -2.76. The van der Waals surface area contributed by atoms with Gasteiger partial charge in [0.05, 0.1) is 28.7 Å². The molecule has 7 nitrogen and oxygen atoms in total. The molecule has 0 spiro atoms. The van der Waals surface area contributed by atoms with Gasteiger partial charge in [-0.05, 0) is 36.4 Å². The van der Waals surface area contributed by atoms with Gasteiger partial charge in [-0.2, -0.15) is 9.57 Å². The molecule has 0 amide bonds. The lowest BCUT2D eigenvalue weighted by Gasteiger charge is -2.31. The number of nitrogens with zero attached hydrogens (tertiary/aromatic N) is 2. The number of nitrogens with one attached hydrogen (secondary N) is 1. The van der Waals surface area contributed by atoms with Crippen molar-refractivity contribution in [3.05, 3.63) is 52.0 Å². The van der Waals surface area contributed by atoms with Crippen LogP contribution < -0.4 is 5.32 Å². The zero-order valence-electron chi connectivity index (χ0n) is 15.8. The average Bonchev–Trinajstić information content (AvgIpc) is 2.76. The van der Waals surface area contributed by atoms with Gasteiger partial charge < -0.3 is 10.1 Å². The standard InChI is InChI=1S/C19H17Cl2N3O4S2/c1-28-19(25)15-11-24(7-6-23-15)30(26,27)18-8-12(10-22)2-5-16(18)29-17-9-13(20)3-4-14(17)21/h2-5,8-9,15,23H,6-7,11H2,1H3. The van der Waals surface area contributed by atoms with Crippen molar-refractivity contribution in [3.63, 3.8) is 0 Å². The number of benzene rings is 2. The zero-order chi connectivity index (χ0) is 21.9. The van der Waals surface area contributed by atoms with Crippen molar-refractivity contribution in [3.8, 4) is 6.07 Å². The number of hydrogen-bond donors (Lipinski definition) is 1. The Bertz CT molecular complexity index is 1120. The van der Waals surface area contributed by atoms with E-state index in [0.717, 1.165) is 11.8 Å². The summed E-state index contributed by atoms with van der Waals surface area (Å²) in [5, 5.41) is 13.1. The predicted molar refractivity (Wildman–Crippen MR) is 114 cm³/mol. The van der Waals surface area contributed by atoms with E-state index in [0.29, 0.717) is 26.4 Å². The van der Waals surface area contributed by atoms with Crippen LogP contribution in [0.3, 0.4) is 0 Å². The molecule has 158 valence electrons. The number of rotatable bonds is 5. The molecule has 0 aliphatic carbocycles. The van der Waals surface area contributed by atoms with Crippen molar-refractivity contribution in [2.24, 2.45) is 0 Å². The maximum atomic E-state index is 13.4. The van der Waals surface area contributed by atoms with Crippen molar-refractivity contribution < 1.29 is 17.9 Å². The minimum Gasteiger partial charge on any atom is -0.468 e. The molecular weight excluding hydrogens is 469 g/mol. The summed E-state index contributed by atoms with van der Waals surface area (Å²) in [6.45, 7) is 0.391. The Morgan fingerprint density at radius 1 is 1.27 bits per heavy atom. The Balaban J connectivity index is 2.02. The van der Waals surface area contributed by atoms with Gasteiger partial charge in [-0.15, -0.1) is 0 Å². The average molecular weight is 486 g/mol. The number of sulfonamides is 1. The fraction of sp³-hybridized carbons (Fsp3) is 0.263. The number of methoxy groups -OCH3 is 1. The van der Waals surface area contributed by atoms with Crippen LogP contribution in [-0.4, -0.2) is 51.5 Å². The van der Waals surface area contributed by atoms with Crippen LogP contribution in [0.5, 0.6) is 0 Å². The smallest absolute Gasteiger partial charge is 0.324 e. The molecule has 0 saturated carbocycles. The number of halogens is 2. The van der Waals surface area contributed by atoms with Gasteiger partial charge >= 0.3 is 5.97 Å². The summed E-state index contributed by atoms with van der Waals surface area (Å²) in [6.07, 6.45) is 0. The highest BCUT2D eigenvalue weighted by atomic mass is 35.5. The Hall–Kier alpha value is -1.80. The van der Waals surface area contributed by atoms with E-state index in [2.05, 4.69) is 5.32 Å². The summed E-state index contributed by atoms with van der Waals surface area (Å²) in [4.78, 5) is 12.8. The molecule has 1 heterocycles. The van der Waals surface area contributed by atoms with Crippen LogP contribution in [0.1, 0.15) is 5.56 Å². The first-order valence-corrected chi connectivity index (χ1v) is 11.8. The second-order valence-corrected chi connectivity index (χ2v) is 10.2. The van der Waals surface area contributed by atoms with Crippen molar-refractivity contribution in [1.29, 1.82) is 5.26 Å². The van der Waals surface area contributed by atoms with E-state index < -0.39 is 22.0 Å². The van der Waals surface area contributed by atoms with Gasteiger partial charge in [0, 0.05) is 34.4 Å². The van der Waals surface area contributed by atoms with E-state index in [4.69, 9.17) is 27.9 Å². The Morgan fingerprint density at radius 2 is 2.03 bits per heavy atom. The number of carbonyl (C=O) groups is 1. The van der Waals surface area contributed by atoms with Crippen molar-refractivity contribution in [1.82, 2.24) is 9.62 Å². The fourth-order valence-electron chi connectivity index (χ4n) is 2.92. The van der Waals surface area contributed by atoms with E-state index in [1.807, 2.05) is 6.07 Å². The number of hydrogen-bond acceptors (Lipinski definition) is 7. The van der Waals surface area contributed by atoms with E-state index in [-0.39, 0.29) is 23.5 Å². The minimum absolute atomic E-state index is 0.0342. The van der Waals surface area contributed by atoms with Crippen LogP contribution in [0.15, 0.2) is 51.1 Å². The summed E-state index contributed by atoms with van der Waals surface area (Å²) >= 11 is 13.4. The highest BCUT2D eigenvalue weighted by molar-refractivity contribution is 8.00. The second kappa shape index (κ2) is 9.56. The largest absolute Gasteiger partial charge is 0.468 e. The molecule has 2 aromatic rings. The lowest BCUT2D eigenvalue weighted by atomic mass is 10.2. The molecule has 30 heavy (non-hydrogen) atoms. The summed E-state index contributed by atoms with van der Waals surface area (Å²) in [6, 6.07) is 10.5. The van der Waals surface area contributed by atoms with Gasteiger partial charge in [0.25, 0.3) is 0 Å². The monoisotopic (exact) mass is 485 g/mol. The SMILES string of the molecule is COC(=O)C1CN(S(=O)(=O)c2cc(C#N)ccc2Sc2cc(Cl)ccc2Cl)CCN1. The summed E-state index contributed by atoms with van der Waals surface area (Å²) in [5.41, 5.74) is 0.203. The van der Waals surface area contributed by atoms with Crippen LogP contribution >= 0.6 is 35.0 Å². The highest BCUT2D eigenvalue weighted by Gasteiger charge is 2.35. The van der Waals surface area contributed by atoms with Crippen LogP contribution in [0.2, 0.25) is 10.0 Å². The highest BCUT2D eigenvalue weighted by Crippen LogP contribution is 2.39. The van der Waals surface area contributed by atoms with Crippen molar-refractivity contribution in [2.45, 2.75) is 20.7 Å². The predicted octanol–water partition coefficient (Wildman–Crippen LogP) is 3.15. The number of ether oxygens (including phenoxy) is 1. The van der Waals surface area contributed by atoms with Crippen LogP contribution in [0.4, 0.5) is 0 Å². The molecule has 11 heteroatoms. The van der Waals surface area contributed by atoms with E-state index in [1.54, 1.807) is 24.3 Å². The summed E-state index contributed by atoms with van der Waals surface area (Å²) < 4.78 is 32.8. The Kier molecular flexibility index (Phi) is 7.29. The van der Waals surface area contributed by atoms with Crippen LogP contribution in [-0.2, 0) is 19.6 Å². The molecule has 2 aromatic carbocycles. The maximum Gasteiger partial charge on any atom is 0.324 e. The zero-order valence-corrected chi connectivity index (χ0v) is 18.9. The molecule has 1 unspecified atom stereocenters. The third-order valence-corrected chi connectivity index (χ3v) is 8.27. The molecule has 0 radical (unpaired) electrons. The molecule has 0 bridgehead atoms. The Labute approximate surface area is 189 Å². The van der Waals surface area contributed by atoms with E-state index in [9.17, 15) is 18.5 Å². The quantitative estimate of drug-likeness (QED) is 0.649. The molecule has 1 aliphatic heterocycles. The number of carbonyl (C=O) groups excluding carboxylic acids is 1. The molecule has 1 N–H and O–H groups in total. The first-order chi connectivity index (χ1) is 14.3. The topological polar surface area (TPSA) is 99.5 Å². The lowest BCUT2D eigenvalue weighted by Crippen LogP contribution is -2.55. The van der Waals surface area contributed by atoms with Crippen LogP contribution in [0.25, 0.3) is 0 Å². The van der Waals surface area contributed by atoms with Gasteiger partial charge in [-0.25, -0.2) is 8.42 Å². The number of nitriles is 1. The van der Waals surface area contributed by atoms with Crippen LogP contribution in [0, 0.1) is 11.3 Å². The number of esters is 1. The Morgan fingerprint density at radius 3 is 2.73 bits per heavy atom. The first-order valence-electron chi connectivity index (χ1n) is 8.74. The van der Waals surface area contributed by atoms with Gasteiger partial charge in [0.1, 0.15) is 6.04 Å². The molecule has 3 rings (SSSR count). The third-order valence-electron chi connectivity index (χ3n) is 4.43. The van der Waals surface area contributed by atoms with Gasteiger partial charge in [-0.3, -0.25) is 4.79 Å². The van der Waals surface area contributed by atoms with Crippen molar-refractivity contribution >= 4 is 51.0 Å². The summed E-state index contributed by atoms with van der Waals surface area (Å²) in [5.74, 6) is -0.541. The number of piperazine rings is 1. The molecule has 0 aromatic heterocycles. The van der Waals surface area contributed by atoms with Gasteiger partial charge in [-0.1, -0.05) is 35.0 Å². The van der Waals surface area contributed by atoms with Gasteiger partial charge in [0.15, 0.2) is 0 Å². The van der Waals surface area contributed by atoms with E-state index in [1.165, 1.54) is 23.5 Å². The van der Waals surface area contributed by atoms with Gasteiger partial charge in [0.2, 0.25) is 10.0 Å². The first kappa shape index (κ1) is 22.9. The maximum absolute atomic E-state index is 13.4. The van der Waals surface area contributed by atoms with Crippen molar-refractivity contribution in [2.75, 3.05) is 26.7 Å². The fourth-order valence-corrected chi connectivity index (χ4v) is 6.27. The molecular formula is C19H17Cl2N3O4S2. The normalized spacial score (nSPS) is 17.3. The second-order valence-electron chi connectivity index (χ2n) is 6.34. The molecule has 1 aliphatic rings.